The van der Waals surface area contributed by atoms with Crippen molar-refractivity contribution in [3.8, 4) is 17.2 Å². The van der Waals surface area contributed by atoms with Crippen LogP contribution in [0.25, 0.3) is 0 Å². The van der Waals surface area contributed by atoms with Gasteiger partial charge in [-0.15, -0.1) is 0 Å². The lowest BCUT2D eigenvalue weighted by Crippen LogP contribution is -2.02. The van der Waals surface area contributed by atoms with Gasteiger partial charge in [0.2, 0.25) is 0 Å². The maximum absolute atomic E-state index is 10.8. The van der Waals surface area contributed by atoms with Crippen molar-refractivity contribution in [3.63, 3.8) is 0 Å². The SMILES string of the molecule is CCC(N=O)c1ccc(OCCCCCOc2c(Cl)cc(OCC=C(Cl)Cl)cc2Cl)cc1. The first-order valence-corrected chi connectivity index (χ1v) is 11.8. The summed E-state index contributed by atoms with van der Waals surface area (Å²) in [4.78, 5) is 10.8. The second-order valence-electron chi connectivity index (χ2n) is 6.88. The molecule has 0 aliphatic carbocycles. The molecule has 2 rings (SSSR count). The molecule has 0 radical (unpaired) electrons. The molecule has 0 spiro atoms. The van der Waals surface area contributed by atoms with Crippen LogP contribution in [0.3, 0.4) is 0 Å². The standard InChI is InChI=1S/C23H25Cl4NO4/c1-2-21(28-29)16-6-8-17(9-7-16)30-11-4-3-5-12-32-23-19(24)14-18(15-20(23)25)31-13-10-22(26)27/h6-10,14-15,21H,2-5,11-13H2,1H3. The van der Waals surface area contributed by atoms with E-state index >= 15 is 0 Å². The Kier molecular flexibility index (Phi) is 12.0. The smallest absolute Gasteiger partial charge is 0.156 e. The molecular formula is C23H25Cl4NO4. The Hall–Kier alpha value is -1.66. The molecule has 0 heterocycles. The van der Waals surface area contributed by atoms with Crippen LogP contribution in [0.4, 0.5) is 0 Å². The van der Waals surface area contributed by atoms with E-state index in [1.54, 1.807) is 12.1 Å². The Bertz CT molecular complexity index is 863. The number of unbranched alkanes of at least 4 members (excludes halogenated alkanes) is 2. The molecule has 0 fully saturated rings. The Balaban J connectivity index is 1.67. The minimum Gasteiger partial charge on any atom is -0.494 e. The molecule has 32 heavy (non-hydrogen) atoms. The van der Waals surface area contributed by atoms with Gasteiger partial charge < -0.3 is 14.2 Å². The molecule has 5 nitrogen and oxygen atoms in total. The summed E-state index contributed by atoms with van der Waals surface area (Å²) < 4.78 is 17.1. The van der Waals surface area contributed by atoms with Crippen LogP contribution in [0.2, 0.25) is 10.0 Å². The number of nitroso groups, excluding NO2 is 1. The number of benzene rings is 2. The van der Waals surface area contributed by atoms with Crippen molar-refractivity contribution in [2.75, 3.05) is 19.8 Å². The van der Waals surface area contributed by atoms with E-state index in [2.05, 4.69) is 5.18 Å². The minimum atomic E-state index is -0.304. The lowest BCUT2D eigenvalue weighted by atomic mass is 10.1. The minimum absolute atomic E-state index is 0.128. The quantitative estimate of drug-likeness (QED) is 0.185. The van der Waals surface area contributed by atoms with Gasteiger partial charge in [0.1, 0.15) is 28.6 Å². The normalized spacial score (nSPS) is 11.5. The summed E-state index contributed by atoms with van der Waals surface area (Å²) in [6, 6.07) is 10.5. The summed E-state index contributed by atoms with van der Waals surface area (Å²) in [6.45, 7) is 3.22. The van der Waals surface area contributed by atoms with E-state index in [0.717, 1.165) is 30.6 Å². The lowest BCUT2D eigenvalue weighted by Gasteiger charge is -2.12. The molecule has 0 amide bonds. The van der Waals surface area contributed by atoms with Crippen LogP contribution in [-0.4, -0.2) is 19.8 Å². The zero-order valence-corrected chi connectivity index (χ0v) is 20.7. The Morgan fingerprint density at radius 1 is 0.938 bits per heavy atom. The zero-order chi connectivity index (χ0) is 23.3. The van der Waals surface area contributed by atoms with Gasteiger partial charge in [-0.05, 0) is 49.5 Å². The van der Waals surface area contributed by atoms with Gasteiger partial charge >= 0.3 is 0 Å². The molecule has 1 atom stereocenters. The molecule has 0 saturated carbocycles. The maximum atomic E-state index is 10.8. The molecule has 9 heteroatoms. The molecule has 0 saturated heterocycles. The summed E-state index contributed by atoms with van der Waals surface area (Å²) >= 11 is 23.6. The van der Waals surface area contributed by atoms with Crippen LogP contribution in [0.5, 0.6) is 17.2 Å². The van der Waals surface area contributed by atoms with Gasteiger partial charge in [0, 0.05) is 12.1 Å². The average molecular weight is 521 g/mol. The molecule has 0 bridgehead atoms. The second kappa shape index (κ2) is 14.5. The molecule has 2 aromatic rings. The van der Waals surface area contributed by atoms with Crippen LogP contribution in [0.1, 0.15) is 44.2 Å². The summed E-state index contributed by atoms with van der Waals surface area (Å²) in [5.41, 5.74) is 0.903. The highest BCUT2D eigenvalue weighted by Gasteiger charge is 2.11. The van der Waals surface area contributed by atoms with Crippen LogP contribution in [0, 0.1) is 4.91 Å². The predicted molar refractivity (Wildman–Crippen MR) is 132 cm³/mol. The fraction of sp³-hybridized carbons (Fsp3) is 0.391. The Morgan fingerprint density at radius 3 is 2.12 bits per heavy atom. The Morgan fingerprint density at radius 2 is 1.56 bits per heavy atom. The number of rotatable bonds is 14. The summed E-state index contributed by atoms with van der Waals surface area (Å²) in [5.74, 6) is 1.70. The summed E-state index contributed by atoms with van der Waals surface area (Å²) in [7, 11) is 0. The van der Waals surface area contributed by atoms with Crippen molar-refractivity contribution in [1.82, 2.24) is 0 Å². The van der Waals surface area contributed by atoms with Gasteiger partial charge in [0.15, 0.2) is 5.75 Å². The van der Waals surface area contributed by atoms with Gasteiger partial charge in [-0.25, -0.2) is 0 Å². The van der Waals surface area contributed by atoms with Gasteiger partial charge in [-0.1, -0.05) is 70.6 Å². The van der Waals surface area contributed by atoms with Crippen LogP contribution in [0.15, 0.2) is 52.1 Å². The fourth-order valence-corrected chi connectivity index (χ4v) is 3.56. The third-order valence-electron chi connectivity index (χ3n) is 4.54. The lowest BCUT2D eigenvalue weighted by molar-refractivity contribution is 0.279. The molecular weight excluding hydrogens is 496 g/mol. The molecule has 174 valence electrons. The molecule has 2 aromatic carbocycles. The van der Waals surface area contributed by atoms with Gasteiger partial charge in [-0.3, -0.25) is 0 Å². The first-order valence-electron chi connectivity index (χ1n) is 10.3. The number of halogens is 4. The zero-order valence-electron chi connectivity index (χ0n) is 17.7. The predicted octanol–water partition coefficient (Wildman–Crippen LogP) is 8.54. The van der Waals surface area contributed by atoms with Crippen molar-refractivity contribution >= 4 is 46.4 Å². The highest BCUT2D eigenvalue weighted by molar-refractivity contribution is 6.55. The number of nitrogens with zero attached hydrogens (tertiary/aromatic N) is 1. The van der Waals surface area contributed by atoms with E-state index in [4.69, 9.17) is 60.6 Å². The number of hydrogen-bond donors (Lipinski definition) is 0. The van der Waals surface area contributed by atoms with E-state index in [9.17, 15) is 4.91 Å². The summed E-state index contributed by atoms with van der Waals surface area (Å²) in [6.07, 6.45) is 4.83. The number of ether oxygens (including phenoxy) is 3. The van der Waals surface area contributed by atoms with E-state index in [-0.39, 0.29) is 17.1 Å². The van der Waals surface area contributed by atoms with Gasteiger partial charge in [0.25, 0.3) is 0 Å². The average Bonchev–Trinajstić information content (AvgIpc) is 2.76. The van der Waals surface area contributed by atoms with Crippen molar-refractivity contribution in [2.24, 2.45) is 5.18 Å². The van der Waals surface area contributed by atoms with Gasteiger partial charge in [-0.2, -0.15) is 4.91 Å². The van der Waals surface area contributed by atoms with E-state index in [0.29, 0.717) is 41.2 Å². The molecule has 0 aromatic heterocycles. The number of hydrogen-bond acceptors (Lipinski definition) is 5. The Labute approximate surface area is 208 Å². The first kappa shape index (κ1) is 26.6. The molecule has 0 aliphatic rings. The van der Waals surface area contributed by atoms with Crippen molar-refractivity contribution in [3.05, 3.63) is 67.5 Å². The topological polar surface area (TPSA) is 57.1 Å². The van der Waals surface area contributed by atoms with Gasteiger partial charge in [0.05, 0.1) is 23.3 Å². The summed E-state index contributed by atoms with van der Waals surface area (Å²) in [5, 5.41) is 3.87. The monoisotopic (exact) mass is 519 g/mol. The van der Waals surface area contributed by atoms with Crippen molar-refractivity contribution < 1.29 is 14.2 Å². The van der Waals surface area contributed by atoms with E-state index in [1.807, 2.05) is 31.2 Å². The first-order chi connectivity index (χ1) is 15.4. The van der Waals surface area contributed by atoms with Crippen molar-refractivity contribution in [2.45, 2.75) is 38.6 Å². The largest absolute Gasteiger partial charge is 0.494 e. The van der Waals surface area contributed by atoms with E-state index < -0.39 is 0 Å². The third kappa shape index (κ3) is 9.07. The fourth-order valence-electron chi connectivity index (χ4n) is 2.86. The molecule has 0 aliphatic heterocycles. The third-order valence-corrected chi connectivity index (χ3v) is 5.41. The maximum Gasteiger partial charge on any atom is 0.156 e. The van der Waals surface area contributed by atoms with Crippen molar-refractivity contribution in [1.29, 1.82) is 0 Å². The van der Waals surface area contributed by atoms with Crippen LogP contribution < -0.4 is 14.2 Å². The van der Waals surface area contributed by atoms with E-state index in [1.165, 1.54) is 6.08 Å². The molecule has 0 N–H and O–H groups in total. The highest BCUT2D eigenvalue weighted by Crippen LogP contribution is 2.37. The van der Waals surface area contributed by atoms with Crippen LogP contribution >= 0.6 is 46.4 Å². The highest BCUT2D eigenvalue weighted by atomic mass is 35.5. The second-order valence-corrected chi connectivity index (χ2v) is 8.70. The molecule has 1 unspecified atom stereocenters. The van der Waals surface area contributed by atoms with Crippen LogP contribution in [-0.2, 0) is 0 Å².